The SMILES string of the molecule is O=C(NCc1ccc(Br)cc1)C1C2CC3CC(C2)CC1C3. The molecule has 3 heteroatoms. The van der Waals surface area contributed by atoms with E-state index < -0.39 is 0 Å². The average Bonchev–Trinajstić information content (AvgIpc) is 2.45. The van der Waals surface area contributed by atoms with E-state index in [1.807, 2.05) is 12.1 Å². The Morgan fingerprint density at radius 2 is 1.57 bits per heavy atom. The molecule has 2 nitrogen and oxygen atoms in total. The Morgan fingerprint density at radius 3 is 2.14 bits per heavy atom. The molecule has 4 bridgehead atoms. The summed E-state index contributed by atoms with van der Waals surface area (Å²) in [6.45, 7) is 0.662. The summed E-state index contributed by atoms with van der Waals surface area (Å²) in [7, 11) is 0. The lowest BCUT2D eigenvalue weighted by atomic mass is 9.51. The van der Waals surface area contributed by atoms with E-state index in [1.165, 1.54) is 37.7 Å². The monoisotopic (exact) mass is 347 g/mol. The first-order chi connectivity index (χ1) is 10.2. The van der Waals surface area contributed by atoms with E-state index in [0.29, 0.717) is 30.2 Å². The van der Waals surface area contributed by atoms with E-state index in [1.54, 1.807) is 0 Å². The Morgan fingerprint density at radius 1 is 1.00 bits per heavy atom. The lowest BCUT2D eigenvalue weighted by Crippen LogP contribution is -2.50. The van der Waals surface area contributed by atoms with Crippen molar-refractivity contribution < 1.29 is 4.79 Å². The number of halogens is 1. The van der Waals surface area contributed by atoms with Crippen molar-refractivity contribution in [3.8, 4) is 0 Å². The second-order valence-electron chi connectivity index (χ2n) is 7.30. The first-order valence-corrected chi connectivity index (χ1v) is 9.00. The van der Waals surface area contributed by atoms with Gasteiger partial charge in [0.25, 0.3) is 0 Å². The summed E-state index contributed by atoms with van der Waals surface area (Å²) in [5, 5.41) is 3.19. The summed E-state index contributed by atoms with van der Waals surface area (Å²) in [6.07, 6.45) is 6.68. The zero-order chi connectivity index (χ0) is 14.4. The number of rotatable bonds is 3. The van der Waals surface area contributed by atoms with Crippen molar-refractivity contribution in [2.24, 2.45) is 29.6 Å². The predicted molar refractivity (Wildman–Crippen MR) is 86.5 cm³/mol. The number of benzene rings is 1. The summed E-state index contributed by atoms with van der Waals surface area (Å²) in [4.78, 5) is 12.7. The van der Waals surface area contributed by atoms with Crippen LogP contribution in [-0.2, 0) is 11.3 Å². The van der Waals surface area contributed by atoms with Crippen LogP contribution >= 0.6 is 15.9 Å². The quantitative estimate of drug-likeness (QED) is 0.874. The van der Waals surface area contributed by atoms with E-state index in [4.69, 9.17) is 0 Å². The van der Waals surface area contributed by atoms with Gasteiger partial charge in [-0.1, -0.05) is 28.1 Å². The Labute approximate surface area is 134 Å². The maximum Gasteiger partial charge on any atom is 0.223 e. The highest BCUT2D eigenvalue weighted by molar-refractivity contribution is 9.10. The summed E-state index contributed by atoms with van der Waals surface area (Å²) >= 11 is 3.44. The fraction of sp³-hybridized carbons (Fsp3) is 0.611. The lowest BCUT2D eigenvalue weighted by Gasteiger charge is -2.53. The molecule has 4 aliphatic carbocycles. The van der Waals surface area contributed by atoms with Crippen molar-refractivity contribution in [1.82, 2.24) is 5.32 Å². The van der Waals surface area contributed by atoms with E-state index in [0.717, 1.165) is 16.3 Å². The van der Waals surface area contributed by atoms with Gasteiger partial charge in [-0.05, 0) is 73.5 Å². The molecule has 4 fully saturated rings. The van der Waals surface area contributed by atoms with E-state index in [2.05, 4.69) is 33.4 Å². The molecule has 0 saturated heterocycles. The Balaban J connectivity index is 1.40. The molecule has 0 spiro atoms. The molecule has 1 aromatic carbocycles. The molecule has 4 aliphatic rings. The van der Waals surface area contributed by atoms with Crippen LogP contribution in [0.4, 0.5) is 0 Å². The van der Waals surface area contributed by atoms with E-state index >= 15 is 0 Å². The van der Waals surface area contributed by atoms with Gasteiger partial charge in [0.1, 0.15) is 0 Å². The van der Waals surface area contributed by atoms with Gasteiger partial charge in [-0.25, -0.2) is 0 Å². The van der Waals surface area contributed by atoms with Crippen LogP contribution in [0, 0.1) is 29.6 Å². The van der Waals surface area contributed by atoms with Crippen molar-refractivity contribution in [3.05, 3.63) is 34.3 Å². The molecule has 1 aromatic rings. The summed E-state index contributed by atoms with van der Waals surface area (Å²) in [6, 6.07) is 8.21. The number of hydrogen-bond acceptors (Lipinski definition) is 1. The minimum absolute atomic E-state index is 0.299. The Kier molecular flexibility index (Phi) is 3.56. The smallest absolute Gasteiger partial charge is 0.223 e. The molecule has 0 aliphatic heterocycles. The van der Waals surface area contributed by atoms with Gasteiger partial charge in [-0.15, -0.1) is 0 Å². The standard InChI is InChI=1S/C18H22BrNO/c19-16-3-1-11(2-4-16)10-20-18(21)17-14-6-12-5-13(8-14)9-15(17)7-12/h1-4,12-15,17H,5-10H2,(H,20,21). The molecule has 0 atom stereocenters. The number of hydrogen-bond donors (Lipinski definition) is 1. The first kappa shape index (κ1) is 13.8. The number of nitrogens with one attached hydrogen (secondary N) is 1. The summed E-state index contributed by atoms with van der Waals surface area (Å²) in [5.74, 6) is 3.82. The molecule has 1 N–H and O–H groups in total. The largest absolute Gasteiger partial charge is 0.352 e. The van der Waals surface area contributed by atoms with Gasteiger partial charge < -0.3 is 5.32 Å². The van der Waals surface area contributed by atoms with Crippen LogP contribution in [0.2, 0.25) is 0 Å². The average molecular weight is 348 g/mol. The van der Waals surface area contributed by atoms with E-state index in [-0.39, 0.29) is 0 Å². The number of amides is 1. The summed E-state index contributed by atoms with van der Waals surface area (Å²) < 4.78 is 1.08. The Hall–Kier alpha value is -0.830. The fourth-order valence-corrected chi connectivity index (χ4v) is 5.53. The van der Waals surface area contributed by atoms with Crippen molar-refractivity contribution in [1.29, 1.82) is 0 Å². The fourth-order valence-electron chi connectivity index (χ4n) is 5.26. The molecular formula is C18H22BrNO. The molecule has 0 radical (unpaired) electrons. The van der Waals surface area contributed by atoms with Crippen LogP contribution < -0.4 is 5.32 Å². The molecular weight excluding hydrogens is 326 g/mol. The first-order valence-electron chi connectivity index (χ1n) is 8.21. The van der Waals surface area contributed by atoms with Crippen LogP contribution in [-0.4, -0.2) is 5.91 Å². The lowest BCUT2D eigenvalue weighted by molar-refractivity contribution is -0.138. The van der Waals surface area contributed by atoms with Crippen molar-refractivity contribution >= 4 is 21.8 Å². The van der Waals surface area contributed by atoms with Gasteiger partial charge in [-0.3, -0.25) is 4.79 Å². The molecule has 0 heterocycles. The second-order valence-corrected chi connectivity index (χ2v) is 8.22. The highest BCUT2D eigenvalue weighted by Gasteiger charge is 2.50. The van der Waals surface area contributed by atoms with Crippen LogP contribution in [0.3, 0.4) is 0 Å². The maximum absolute atomic E-state index is 12.7. The molecule has 5 rings (SSSR count). The maximum atomic E-state index is 12.7. The van der Waals surface area contributed by atoms with Crippen LogP contribution in [0.25, 0.3) is 0 Å². The van der Waals surface area contributed by atoms with Gasteiger partial charge in [0.05, 0.1) is 0 Å². The third kappa shape index (κ3) is 2.65. The highest BCUT2D eigenvalue weighted by Crippen LogP contribution is 2.56. The van der Waals surface area contributed by atoms with Crippen LogP contribution in [0.1, 0.15) is 37.7 Å². The minimum Gasteiger partial charge on any atom is -0.352 e. The second kappa shape index (κ2) is 5.42. The molecule has 0 aromatic heterocycles. The molecule has 4 saturated carbocycles. The molecule has 112 valence electrons. The number of carbonyl (C=O) groups excluding carboxylic acids is 1. The third-order valence-electron chi connectivity index (χ3n) is 5.91. The molecule has 1 amide bonds. The minimum atomic E-state index is 0.299. The van der Waals surface area contributed by atoms with Gasteiger partial charge in [-0.2, -0.15) is 0 Å². The van der Waals surface area contributed by atoms with Crippen molar-refractivity contribution in [2.45, 2.75) is 38.6 Å². The van der Waals surface area contributed by atoms with Crippen molar-refractivity contribution in [2.75, 3.05) is 0 Å². The normalized spacial score (nSPS) is 36.7. The molecule has 0 unspecified atom stereocenters. The van der Waals surface area contributed by atoms with E-state index in [9.17, 15) is 4.79 Å². The summed E-state index contributed by atoms with van der Waals surface area (Å²) in [5.41, 5.74) is 1.18. The Bertz CT molecular complexity index is 511. The predicted octanol–water partition coefficient (Wildman–Crippen LogP) is 4.14. The van der Waals surface area contributed by atoms with Gasteiger partial charge in [0.15, 0.2) is 0 Å². The zero-order valence-electron chi connectivity index (χ0n) is 12.2. The van der Waals surface area contributed by atoms with Crippen LogP contribution in [0.5, 0.6) is 0 Å². The van der Waals surface area contributed by atoms with Crippen molar-refractivity contribution in [3.63, 3.8) is 0 Å². The zero-order valence-corrected chi connectivity index (χ0v) is 13.8. The third-order valence-corrected chi connectivity index (χ3v) is 6.44. The molecule has 21 heavy (non-hydrogen) atoms. The van der Waals surface area contributed by atoms with Gasteiger partial charge in [0, 0.05) is 16.9 Å². The van der Waals surface area contributed by atoms with Gasteiger partial charge in [0.2, 0.25) is 5.91 Å². The van der Waals surface area contributed by atoms with Gasteiger partial charge >= 0.3 is 0 Å². The topological polar surface area (TPSA) is 29.1 Å². The highest BCUT2D eigenvalue weighted by atomic mass is 79.9. The van der Waals surface area contributed by atoms with Crippen LogP contribution in [0.15, 0.2) is 28.7 Å². The number of carbonyl (C=O) groups is 1.